The zero-order valence-electron chi connectivity index (χ0n) is 12.0. The third-order valence-corrected chi connectivity index (χ3v) is 3.72. The van der Waals surface area contributed by atoms with Crippen molar-refractivity contribution >= 4 is 10.9 Å². The Morgan fingerprint density at radius 2 is 2.05 bits per heavy atom. The molecule has 0 unspecified atom stereocenters. The maximum absolute atomic E-state index is 5.72. The Morgan fingerprint density at radius 3 is 2.75 bits per heavy atom. The molecule has 4 heteroatoms. The second kappa shape index (κ2) is 5.13. The molecule has 0 spiro atoms. The van der Waals surface area contributed by atoms with Crippen LogP contribution in [0.5, 0.6) is 0 Å². The lowest BCUT2D eigenvalue weighted by Gasteiger charge is -2.05. The van der Waals surface area contributed by atoms with Crippen LogP contribution in [0.3, 0.4) is 0 Å². The molecule has 2 N–H and O–H groups in total. The molecule has 0 fully saturated rings. The minimum atomic E-state index is 0.679. The second-order valence-electron chi connectivity index (χ2n) is 5.24. The van der Waals surface area contributed by atoms with Crippen molar-refractivity contribution in [2.75, 3.05) is 6.54 Å². The maximum atomic E-state index is 5.72. The van der Waals surface area contributed by atoms with Crippen molar-refractivity contribution in [1.29, 1.82) is 0 Å². The fourth-order valence-corrected chi connectivity index (χ4v) is 2.80. The maximum Gasteiger partial charge on any atom is 0.0645 e. The molecule has 104 valence electrons. The zero-order chi connectivity index (χ0) is 14.1. The van der Waals surface area contributed by atoms with E-state index < -0.39 is 0 Å². The van der Waals surface area contributed by atoms with Crippen LogP contribution in [0.1, 0.15) is 17.0 Å². The fraction of sp³-hybridized carbons (Fsp3) is 0.312. The van der Waals surface area contributed by atoms with Crippen LogP contribution < -0.4 is 5.73 Å². The second-order valence-corrected chi connectivity index (χ2v) is 5.24. The smallest absolute Gasteiger partial charge is 0.0645 e. The molecule has 0 atom stereocenters. The Bertz CT molecular complexity index is 736. The molecular formula is C16H20N4. The molecule has 0 amide bonds. The van der Waals surface area contributed by atoms with Gasteiger partial charge in [-0.1, -0.05) is 18.2 Å². The van der Waals surface area contributed by atoms with Crippen LogP contribution in [-0.2, 0) is 20.0 Å². The Morgan fingerprint density at radius 1 is 1.25 bits per heavy atom. The molecule has 1 aromatic carbocycles. The van der Waals surface area contributed by atoms with Crippen molar-refractivity contribution in [2.24, 2.45) is 12.8 Å². The summed E-state index contributed by atoms with van der Waals surface area (Å²) in [6.45, 7) is 3.54. The van der Waals surface area contributed by atoms with Crippen molar-refractivity contribution in [3.63, 3.8) is 0 Å². The monoisotopic (exact) mass is 268 g/mol. The normalized spacial score (nSPS) is 11.3. The van der Waals surface area contributed by atoms with Gasteiger partial charge in [-0.2, -0.15) is 5.10 Å². The predicted molar refractivity (Wildman–Crippen MR) is 81.7 cm³/mol. The van der Waals surface area contributed by atoms with Crippen molar-refractivity contribution in [3.05, 3.63) is 53.5 Å². The summed E-state index contributed by atoms with van der Waals surface area (Å²) in [6, 6.07) is 10.6. The molecule has 0 aliphatic rings. The average molecular weight is 268 g/mol. The van der Waals surface area contributed by atoms with E-state index in [1.165, 1.54) is 22.2 Å². The summed E-state index contributed by atoms with van der Waals surface area (Å²) in [4.78, 5) is 0. The largest absolute Gasteiger partial charge is 0.341 e. The van der Waals surface area contributed by atoms with Crippen LogP contribution in [0.25, 0.3) is 10.9 Å². The highest BCUT2D eigenvalue weighted by molar-refractivity contribution is 5.84. The van der Waals surface area contributed by atoms with Gasteiger partial charge >= 0.3 is 0 Å². The highest BCUT2D eigenvalue weighted by Crippen LogP contribution is 2.22. The Hall–Kier alpha value is -2.07. The summed E-state index contributed by atoms with van der Waals surface area (Å²) in [5, 5.41) is 5.72. The van der Waals surface area contributed by atoms with E-state index in [1.807, 2.05) is 18.7 Å². The number of nitrogens with zero attached hydrogens (tertiary/aromatic N) is 3. The van der Waals surface area contributed by atoms with Crippen molar-refractivity contribution < 1.29 is 0 Å². The molecule has 4 nitrogen and oxygen atoms in total. The lowest BCUT2D eigenvalue weighted by atomic mass is 10.1. The van der Waals surface area contributed by atoms with Gasteiger partial charge in [0.15, 0.2) is 0 Å². The third kappa shape index (κ3) is 2.23. The van der Waals surface area contributed by atoms with Gasteiger partial charge in [0.1, 0.15) is 0 Å². The fourth-order valence-electron chi connectivity index (χ4n) is 2.80. The summed E-state index contributed by atoms with van der Waals surface area (Å²) in [5.41, 5.74) is 10.6. The Kier molecular flexibility index (Phi) is 3.32. The number of rotatable bonds is 4. The van der Waals surface area contributed by atoms with Crippen LogP contribution in [0.15, 0.2) is 36.5 Å². The number of fused-ring (bicyclic) bond motifs is 1. The summed E-state index contributed by atoms with van der Waals surface area (Å²) < 4.78 is 4.24. The number of aryl methyl sites for hydroxylation is 2. The van der Waals surface area contributed by atoms with Crippen LogP contribution in [0.2, 0.25) is 0 Å². The number of para-hydroxylation sites is 1. The molecule has 0 aliphatic carbocycles. The molecule has 20 heavy (non-hydrogen) atoms. The van der Waals surface area contributed by atoms with Gasteiger partial charge in [-0.3, -0.25) is 4.68 Å². The van der Waals surface area contributed by atoms with Gasteiger partial charge in [0.25, 0.3) is 0 Å². The number of benzene rings is 1. The van der Waals surface area contributed by atoms with Gasteiger partial charge in [-0.05, 0) is 37.6 Å². The third-order valence-electron chi connectivity index (χ3n) is 3.72. The Labute approximate surface area is 118 Å². The molecule has 2 heterocycles. The van der Waals surface area contributed by atoms with E-state index in [9.17, 15) is 0 Å². The first-order valence-corrected chi connectivity index (χ1v) is 6.95. The first kappa shape index (κ1) is 12.9. The van der Waals surface area contributed by atoms with Gasteiger partial charge in [0.05, 0.1) is 17.9 Å². The van der Waals surface area contributed by atoms with Gasteiger partial charge in [-0.15, -0.1) is 0 Å². The van der Waals surface area contributed by atoms with Crippen LogP contribution in [0, 0.1) is 6.92 Å². The minimum Gasteiger partial charge on any atom is -0.341 e. The van der Waals surface area contributed by atoms with Gasteiger partial charge in [-0.25, -0.2) is 0 Å². The summed E-state index contributed by atoms with van der Waals surface area (Å²) in [6.07, 6.45) is 3.14. The molecule has 3 rings (SSSR count). The van der Waals surface area contributed by atoms with Gasteiger partial charge in [0.2, 0.25) is 0 Å². The van der Waals surface area contributed by atoms with Gasteiger partial charge < -0.3 is 10.3 Å². The molecule has 0 bridgehead atoms. The van der Waals surface area contributed by atoms with E-state index in [1.54, 1.807) is 0 Å². The van der Waals surface area contributed by atoms with E-state index in [0.29, 0.717) is 6.54 Å². The van der Waals surface area contributed by atoms with Crippen molar-refractivity contribution in [3.8, 4) is 0 Å². The Balaban J connectivity index is 2.05. The van der Waals surface area contributed by atoms with Crippen LogP contribution >= 0.6 is 0 Å². The van der Waals surface area contributed by atoms with Crippen LogP contribution in [0.4, 0.5) is 0 Å². The van der Waals surface area contributed by atoms with Gasteiger partial charge in [0, 0.05) is 24.1 Å². The van der Waals surface area contributed by atoms with E-state index in [0.717, 1.165) is 18.7 Å². The topological polar surface area (TPSA) is 48.8 Å². The lowest BCUT2D eigenvalue weighted by Crippen LogP contribution is -2.05. The summed E-state index contributed by atoms with van der Waals surface area (Å²) in [5.74, 6) is 0. The highest BCUT2D eigenvalue weighted by Gasteiger charge is 2.09. The number of nitrogens with two attached hydrogens (primary N) is 1. The van der Waals surface area contributed by atoms with Crippen molar-refractivity contribution in [1.82, 2.24) is 14.3 Å². The molecule has 0 radical (unpaired) electrons. The molecule has 0 saturated carbocycles. The molecule has 0 aliphatic heterocycles. The van der Waals surface area contributed by atoms with E-state index >= 15 is 0 Å². The zero-order valence-corrected chi connectivity index (χ0v) is 12.0. The lowest BCUT2D eigenvalue weighted by molar-refractivity contribution is 0.672. The molecule has 0 saturated heterocycles. The summed E-state index contributed by atoms with van der Waals surface area (Å²) >= 11 is 0. The minimum absolute atomic E-state index is 0.679. The molecular weight excluding hydrogens is 248 g/mol. The number of hydrogen-bond donors (Lipinski definition) is 1. The van der Waals surface area contributed by atoms with Crippen molar-refractivity contribution in [2.45, 2.75) is 19.9 Å². The first-order chi connectivity index (χ1) is 9.69. The number of hydrogen-bond acceptors (Lipinski definition) is 2. The summed E-state index contributed by atoms with van der Waals surface area (Å²) in [7, 11) is 1.99. The average Bonchev–Trinajstić information content (AvgIpc) is 2.93. The van der Waals surface area contributed by atoms with Crippen LogP contribution in [-0.4, -0.2) is 20.9 Å². The highest BCUT2D eigenvalue weighted by atomic mass is 15.3. The predicted octanol–water partition coefficient (Wildman–Crippen LogP) is 2.23. The SMILES string of the molecule is Cc1cc(Cn2cc(CCN)c3ccccc32)n(C)n1. The van der Waals surface area contributed by atoms with E-state index in [-0.39, 0.29) is 0 Å². The molecule has 2 aromatic heterocycles. The quantitative estimate of drug-likeness (QED) is 0.789. The van der Waals surface area contributed by atoms with E-state index in [4.69, 9.17) is 5.73 Å². The standard InChI is InChI=1S/C16H20N4/c1-12-9-14(19(2)18-12)11-20-10-13(7-8-17)15-5-3-4-6-16(15)20/h3-6,9-10H,7-8,11,17H2,1-2H3. The van der Waals surface area contributed by atoms with E-state index in [2.05, 4.69) is 46.2 Å². The first-order valence-electron chi connectivity index (χ1n) is 6.95. The molecule has 3 aromatic rings. The number of aromatic nitrogens is 3.